The van der Waals surface area contributed by atoms with Gasteiger partial charge in [0, 0.05) is 5.56 Å². The van der Waals surface area contributed by atoms with Crippen LogP contribution in [0, 0.1) is 6.92 Å². The number of carboxylic acids is 1. The zero-order valence-corrected chi connectivity index (χ0v) is 8.80. The van der Waals surface area contributed by atoms with E-state index in [9.17, 15) is 4.79 Å². The van der Waals surface area contributed by atoms with Crippen molar-refractivity contribution in [1.29, 1.82) is 0 Å². The second-order valence-corrected chi connectivity index (χ2v) is 3.57. The van der Waals surface area contributed by atoms with Crippen molar-refractivity contribution < 1.29 is 14.3 Å². The van der Waals surface area contributed by atoms with Crippen LogP contribution in [0.25, 0.3) is 11.5 Å². The van der Waals surface area contributed by atoms with Crippen LogP contribution in [0.5, 0.6) is 0 Å². The maximum atomic E-state index is 10.5. The number of benzene rings is 1. The Morgan fingerprint density at radius 3 is 2.69 bits per heavy atom. The molecule has 0 aliphatic rings. The Kier molecular flexibility index (Phi) is 2.72. The lowest BCUT2D eigenvalue weighted by Gasteiger charge is -1.96. The monoisotopic (exact) mass is 217 g/mol. The summed E-state index contributed by atoms with van der Waals surface area (Å²) in [5.41, 5.74) is 2.00. The lowest BCUT2D eigenvalue weighted by molar-refractivity contribution is -0.136. The number of nitrogens with zero attached hydrogens (tertiary/aromatic N) is 1. The van der Waals surface area contributed by atoms with Gasteiger partial charge in [0.15, 0.2) is 0 Å². The van der Waals surface area contributed by atoms with Crippen molar-refractivity contribution >= 4 is 5.97 Å². The molecule has 0 saturated heterocycles. The van der Waals surface area contributed by atoms with Crippen molar-refractivity contribution in [2.24, 2.45) is 0 Å². The van der Waals surface area contributed by atoms with Gasteiger partial charge in [-0.05, 0) is 19.1 Å². The summed E-state index contributed by atoms with van der Waals surface area (Å²) in [6.07, 6.45) is 1.31. The zero-order valence-electron chi connectivity index (χ0n) is 8.80. The number of oxazole rings is 1. The van der Waals surface area contributed by atoms with Crippen LogP contribution in [0.4, 0.5) is 0 Å². The standard InChI is InChI=1S/C12H11NO3/c1-8-2-4-9(5-3-8)12-13-7-10(16-12)6-11(14)15/h2-5,7H,6H2,1H3,(H,14,15). The smallest absolute Gasteiger partial charge is 0.311 e. The third kappa shape index (κ3) is 2.28. The molecular weight excluding hydrogens is 206 g/mol. The summed E-state index contributed by atoms with van der Waals surface area (Å²) in [6, 6.07) is 7.70. The summed E-state index contributed by atoms with van der Waals surface area (Å²) in [6.45, 7) is 2.00. The highest BCUT2D eigenvalue weighted by Gasteiger charge is 2.08. The minimum Gasteiger partial charge on any atom is -0.481 e. The van der Waals surface area contributed by atoms with Gasteiger partial charge in [-0.2, -0.15) is 0 Å². The fourth-order valence-electron chi connectivity index (χ4n) is 1.37. The van der Waals surface area contributed by atoms with Gasteiger partial charge in [-0.1, -0.05) is 17.7 Å². The van der Waals surface area contributed by atoms with Crippen LogP contribution in [-0.4, -0.2) is 16.1 Å². The lowest BCUT2D eigenvalue weighted by Crippen LogP contribution is -1.97. The van der Waals surface area contributed by atoms with Gasteiger partial charge in [-0.3, -0.25) is 4.79 Å². The van der Waals surface area contributed by atoms with Crippen LogP contribution in [0.2, 0.25) is 0 Å². The molecule has 0 spiro atoms. The molecule has 2 rings (SSSR count). The molecule has 16 heavy (non-hydrogen) atoms. The van der Waals surface area contributed by atoms with E-state index in [0.29, 0.717) is 11.7 Å². The van der Waals surface area contributed by atoms with E-state index in [0.717, 1.165) is 11.1 Å². The van der Waals surface area contributed by atoms with E-state index in [2.05, 4.69) is 4.98 Å². The van der Waals surface area contributed by atoms with Crippen molar-refractivity contribution in [1.82, 2.24) is 4.98 Å². The van der Waals surface area contributed by atoms with Gasteiger partial charge >= 0.3 is 5.97 Å². The molecule has 0 aliphatic heterocycles. The molecule has 0 unspecified atom stereocenters. The number of rotatable bonds is 3. The first-order chi connectivity index (χ1) is 7.65. The second-order valence-electron chi connectivity index (χ2n) is 3.57. The minimum absolute atomic E-state index is 0.140. The van der Waals surface area contributed by atoms with Crippen LogP contribution in [0.3, 0.4) is 0 Å². The van der Waals surface area contributed by atoms with Gasteiger partial charge in [-0.15, -0.1) is 0 Å². The van der Waals surface area contributed by atoms with E-state index in [1.54, 1.807) is 0 Å². The predicted octanol–water partition coefficient (Wildman–Crippen LogP) is 2.28. The number of aryl methyl sites for hydroxylation is 1. The van der Waals surface area contributed by atoms with Crippen LogP contribution in [0.15, 0.2) is 34.9 Å². The number of carboxylic acid groups (broad SMARTS) is 1. The topological polar surface area (TPSA) is 63.3 Å². The lowest BCUT2D eigenvalue weighted by atomic mass is 10.1. The van der Waals surface area contributed by atoms with Crippen molar-refractivity contribution in [3.8, 4) is 11.5 Å². The van der Waals surface area contributed by atoms with E-state index in [4.69, 9.17) is 9.52 Å². The van der Waals surface area contributed by atoms with Crippen molar-refractivity contribution in [3.05, 3.63) is 41.8 Å². The Morgan fingerprint density at radius 1 is 1.38 bits per heavy atom. The maximum Gasteiger partial charge on any atom is 0.311 e. The first-order valence-corrected chi connectivity index (χ1v) is 4.88. The third-order valence-electron chi connectivity index (χ3n) is 2.18. The van der Waals surface area contributed by atoms with E-state index < -0.39 is 5.97 Å². The Balaban J connectivity index is 2.24. The fraction of sp³-hybridized carbons (Fsp3) is 0.167. The van der Waals surface area contributed by atoms with Crippen LogP contribution >= 0.6 is 0 Å². The highest BCUT2D eigenvalue weighted by atomic mass is 16.4. The maximum absolute atomic E-state index is 10.5. The highest BCUT2D eigenvalue weighted by Crippen LogP contribution is 2.19. The summed E-state index contributed by atoms with van der Waals surface area (Å²) in [5.74, 6) is -0.106. The number of hydrogen-bond donors (Lipinski definition) is 1. The SMILES string of the molecule is Cc1ccc(-c2ncc(CC(=O)O)o2)cc1. The molecule has 1 N–H and O–H groups in total. The first-order valence-electron chi connectivity index (χ1n) is 4.88. The summed E-state index contributed by atoms with van der Waals surface area (Å²) >= 11 is 0. The Morgan fingerprint density at radius 2 is 2.06 bits per heavy atom. The molecule has 1 aromatic carbocycles. The van der Waals surface area contributed by atoms with Gasteiger partial charge in [0.05, 0.1) is 6.20 Å². The molecule has 1 aromatic heterocycles. The van der Waals surface area contributed by atoms with E-state index in [-0.39, 0.29) is 6.42 Å². The molecular formula is C12H11NO3. The van der Waals surface area contributed by atoms with Crippen molar-refractivity contribution in [3.63, 3.8) is 0 Å². The molecule has 82 valence electrons. The molecule has 0 atom stereocenters. The average molecular weight is 217 g/mol. The van der Waals surface area contributed by atoms with E-state index in [1.165, 1.54) is 6.20 Å². The molecule has 0 amide bonds. The van der Waals surface area contributed by atoms with Crippen LogP contribution < -0.4 is 0 Å². The Labute approximate surface area is 92.6 Å². The molecule has 2 aromatic rings. The molecule has 0 saturated carbocycles. The van der Waals surface area contributed by atoms with Crippen LogP contribution in [0.1, 0.15) is 11.3 Å². The highest BCUT2D eigenvalue weighted by molar-refractivity contribution is 5.69. The molecule has 4 heteroatoms. The molecule has 0 fully saturated rings. The van der Waals surface area contributed by atoms with Gasteiger partial charge < -0.3 is 9.52 Å². The normalized spacial score (nSPS) is 10.3. The zero-order chi connectivity index (χ0) is 11.5. The minimum atomic E-state index is -0.924. The molecule has 0 radical (unpaired) electrons. The summed E-state index contributed by atoms with van der Waals surface area (Å²) < 4.78 is 5.33. The predicted molar refractivity (Wildman–Crippen MR) is 58.0 cm³/mol. The number of aromatic nitrogens is 1. The van der Waals surface area contributed by atoms with Crippen molar-refractivity contribution in [2.45, 2.75) is 13.3 Å². The second kappa shape index (κ2) is 4.18. The molecule has 4 nitrogen and oxygen atoms in total. The first kappa shape index (κ1) is 10.4. The number of hydrogen-bond acceptors (Lipinski definition) is 3. The summed E-state index contributed by atoms with van der Waals surface area (Å²) in [7, 11) is 0. The Hall–Kier alpha value is -2.10. The quantitative estimate of drug-likeness (QED) is 0.856. The third-order valence-corrected chi connectivity index (χ3v) is 2.18. The summed E-state index contributed by atoms with van der Waals surface area (Å²) in [4.78, 5) is 14.5. The summed E-state index contributed by atoms with van der Waals surface area (Å²) in [5, 5.41) is 8.60. The molecule has 0 aliphatic carbocycles. The molecule has 0 bridgehead atoms. The average Bonchev–Trinajstić information content (AvgIpc) is 2.66. The van der Waals surface area contributed by atoms with E-state index in [1.807, 2.05) is 31.2 Å². The largest absolute Gasteiger partial charge is 0.481 e. The van der Waals surface area contributed by atoms with Crippen LogP contribution in [-0.2, 0) is 11.2 Å². The number of carbonyl (C=O) groups is 1. The van der Waals surface area contributed by atoms with E-state index >= 15 is 0 Å². The van der Waals surface area contributed by atoms with Crippen molar-refractivity contribution in [2.75, 3.05) is 0 Å². The van der Waals surface area contributed by atoms with Gasteiger partial charge in [0.2, 0.25) is 5.89 Å². The molecule has 1 heterocycles. The van der Waals surface area contributed by atoms with Gasteiger partial charge in [0.1, 0.15) is 12.2 Å². The van der Waals surface area contributed by atoms with Gasteiger partial charge in [-0.25, -0.2) is 4.98 Å². The van der Waals surface area contributed by atoms with Gasteiger partial charge in [0.25, 0.3) is 0 Å². The Bertz CT molecular complexity index is 499. The fourth-order valence-corrected chi connectivity index (χ4v) is 1.37. The number of aliphatic carboxylic acids is 1.